The number of rotatable bonds is 49. The van der Waals surface area contributed by atoms with Gasteiger partial charge in [-0.1, -0.05) is 43.7 Å². The summed E-state index contributed by atoms with van der Waals surface area (Å²) in [5.74, 6) is -9.32. The molecule has 4 heterocycles. The summed E-state index contributed by atoms with van der Waals surface area (Å²) in [7, 11) is 0. The smallest absolute Gasteiger partial charge is 0.316 e. The number of fused-ring (bicyclic) bond motifs is 5. The van der Waals surface area contributed by atoms with Gasteiger partial charge in [0.05, 0.1) is 139 Å². The van der Waals surface area contributed by atoms with E-state index in [1.54, 1.807) is 54.8 Å². The van der Waals surface area contributed by atoms with Gasteiger partial charge in [0.2, 0.25) is 59.1 Å². The molecule has 11 amide bonds. The summed E-state index contributed by atoms with van der Waals surface area (Å²) in [4.78, 5) is 182. The number of hydrogen-bond acceptors (Lipinski definition) is 24. The van der Waals surface area contributed by atoms with Crippen LogP contribution in [0.25, 0.3) is 22.3 Å². The molecule has 109 heavy (non-hydrogen) atoms. The average molecular weight is 1530 g/mol. The van der Waals surface area contributed by atoms with Crippen molar-refractivity contribution in [1.29, 1.82) is 0 Å². The number of aromatic nitrogens is 2. The van der Waals surface area contributed by atoms with Crippen molar-refractivity contribution >= 4 is 87.8 Å². The number of carboxylic acids is 1. The third kappa shape index (κ3) is 26.1. The summed E-state index contributed by atoms with van der Waals surface area (Å²) in [6.45, 7) is 3.47. The van der Waals surface area contributed by atoms with E-state index in [4.69, 9.17) is 49.6 Å². The topological polar surface area (TPSA) is 526 Å². The van der Waals surface area contributed by atoms with Crippen LogP contribution in [0.4, 0.5) is 4.39 Å². The maximum Gasteiger partial charge on any atom is 0.316 e. The van der Waals surface area contributed by atoms with Crippen LogP contribution >= 0.6 is 0 Å². The van der Waals surface area contributed by atoms with Gasteiger partial charge in [0.25, 0.3) is 11.5 Å². The molecule has 2 aromatic carbocycles. The number of unbranched alkanes of at least 4 members (excludes halogenated alkanes) is 2. The number of nitrogens with one attached hydrogen (secondary N) is 11. The summed E-state index contributed by atoms with van der Waals surface area (Å²) in [6, 6.07) is 8.79. The van der Waals surface area contributed by atoms with Crippen molar-refractivity contribution in [3.8, 4) is 11.4 Å². The fourth-order valence-corrected chi connectivity index (χ4v) is 12.0. The number of hydrazine groups is 1. The lowest BCUT2D eigenvalue weighted by molar-refractivity contribution is -0.153. The molecule has 0 saturated heterocycles. The molecule has 0 bridgehead atoms. The number of esters is 1. The molecule has 2 aliphatic heterocycles. The molecule has 2 aromatic heterocycles. The quantitative estimate of drug-likeness (QED) is 0.00778. The van der Waals surface area contributed by atoms with E-state index in [1.807, 2.05) is 6.92 Å². The number of halogens is 1. The van der Waals surface area contributed by atoms with Crippen molar-refractivity contribution in [3.63, 3.8) is 0 Å². The molecule has 7 rings (SSSR count). The van der Waals surface area contributed by atoms with Crippen LogP contribution in [0.3, 0.4) is 0 Å². The number of hydrogen-bond donors (Lipinski definition) is 14. The Morgan fingerprint density at radius 3 is 2.04 bits per heavy atom. The van der Waals surface area contributed by atoms with Crippen molar-refractivity contribution in [2.45, 2.75) is 128 Å². The third-order valence-electron chi connectivity index (χ3n) is 18.0. The lowest BCUT2D eigenvalue weighted by Crippen LogP contribution is -2.55. The maximum absolute atomic E-state index is 15.5. The second-order valence-electron chi connectivity index (χ2n) is 25.8. The van der Waals surface area contributed by atoms with Crippen molar-refractivity contribution in [1.82, 2.24) is 68.3 Å². The molecule has 4 aromatic rings. The van der Waals surface area contributed by atoms with Crippen molar-refractivity contribution in [2.75, 3.05) is 119 Å². The molecule has 3 aliphatic rings. The zero-order valence-electron chi connectivity index (χ0n) is 61.0. The number of nitrogens with two attached hydrogens (primary N) is 2. The maximum atomic E-state index is 15.5. The average Bonchev–Trinajstić information content (AvgIpc) is 1.60. The van der Waals surface area contributed by atoms with Gasteiger partial charge in [-0.25, -0.2) is 14.8 Å². The third-order valence-corrected chi connectivity index (χ3v) is 18.0. The number of benzene rings is 2. The van der Waals surface area contributed by atoms with Crippen LogP contribution in [0.2, 0.25) is 0 Å². The van der Waals surface area contributed by atoms with Crippen LogP contribution < -0.4 is 75.7 Å². The lowest BCUT2D eigenvalue weighted by Gasteiger charge is -2.33. The summed E-state index contributed by atoms with van der Waals surface area (Å²) >= 11 is 0. The first-order valence-electron chi connectivity index (χ1n) is 35.7. The predicted molar refractivity (Wildman–Crippen MR) is 383 cm³/mol. The summed E-state index contributed by atoms with van der Waals surface area (Å²) in [5.41, 5.74) is 19.7. The van der Waals surface area contributed by atoms with Crippen molar-refractivity contribution in [3.05, 3.63) is 97.6 Å². The van der Waals surface area contributed by atoms with Crippen LogP contribution in [0.1, 0.15) is 110 Å². The van der Waals surface area contributed by atoms with E-state index in [1.165, 1.54) is 6.07 Å². The highest BCUT2D eigenvalue weighted by molar-refractivity contribution is 5.95. The predicted octanol–water partition coefficient (Wildman–Crippen LogP) is -3.47. The van der Waals surface area contributed by atoms with Crippen molar-refractivity contribution in [2.24, 2.45) is 11.5 Å². The lowest BCUT2D eigenvalue weighted by atomic mass is 9.76. The molecule has 5 atom stereocenters. The number of primary amides is 1. The Morgan fingerprint density at radius 2 is 1.35 bits per heavy atom. The second kappa shape index (κ2) is 43.5. The molecule has 0 spiro atoms. The van der Waals surface area contributed by atoms with Crippen LogP contribution in [-0.4, -0.2) is 228 Å². The largest absolute Gasteiger partial charge is 0.481 e. The highest BCUT2D eigenvalue weighted by Gasteiger charge is 2.44. The van der Waals surface area contributed by atoms with Crippen LogP contribution in [0.5, 0.6) is 0 Å². The zero-order chi connectivity index (χ0) is 79.0. The molecule has 1 aliphatic carbocycles. The van der Waals surface area contributed by atoms with Crippen LogP contribution in [0, 0.1) is 12.7 Å². The minimum atomic E-state index is -1.57. The molecule has 37 nitrogen and oxygen atoms in total. The zero-order valence-corrected chi connectivity index (χ0v) is 61.0. The second-order valence-corrected chi connectivity index (χ2v) is 25.8. The number of carbonyl (C=O) groups is 13. The van der Waals surface area contributed by atoms with Gasteiger partial charge in [-0.15, -0.1) is 0 Å². The number of pyridine rings is 2. The summed E-state index contributed by atoms with van der Waals surface area (Å²) < 4.78 is 55.1. The fraction of sp³-hybridized carbons (Fsp3) is 0.535. The molecule has 2 unspecified atom stereocenters. The van der Waals surface area contributed by atoms with Gasteiger partial charge >= 0.3 is 11.9 Å². The van der Waals surface area contributed by atoms with E-state index in [2.05, 4.69) is 58.7 Å². The number of nitrogens with zero attached hydrogens (tertiary/aromatic N) is 2. The molecule has 0 fully saturated rings. The number of aryl methyl sites for hydroxylation is 1. The Balaban J connectivity index is 0.730. The molecular weight excluding hydrogens is 1430 g/mol. The monoisotopic (exact) mass is 1530 g/mol. The van der Waals surface area contributed by atoms with Gasteiger partial charge in [-0.3, -0.25) is 72.5 Å². The fourth-order valence-electron chi connectivity index (χ4n) is 12.0. The van der Waals surface area contributed by atoms with Crippen LogP contribution in [-0.2, 0) is 127 Å². The van der Waals surface area contributed by atoms with E-state index in [-0.39, 0.29) is 124 Å². The summed E-state index contributed by atoms with van der Waals surface area (Å²) in [5, 5.41) is 32.8. The Bertz CT molecular complexity index is 4000. The van der Waals surface area contributed by atoms with Gasteiger partial charge in [-0.05, 0) is 86.3 Å². The first-order chi connectivity index (χ1) is 52.3. The molecule has 0 radical (unpaired) electrons. The van der Waals surface area contributed by atoms with Gasteiger partial charge in [-0.2, -0.15) is 0 Å². The van der Waals surface area contributed by atoms with Gasteiger partial charge < -0.3 is 102 Å². The Morgan fingerprint density at radius 1 is 0.697 bits per heavy atom. The molecule has 594 valence electrons. The number of cyclic esters (lactones) is 1. The number of amides is 11. The highest BCUT2D eigenvalue weighted by atomic mass is 19.1. The highest BCUT2D eigenvalue weighted by Crippen LogP contribution is 2.46. The van der Waals surface area contributed by atoms with Gasteiger partial charge in [0, 0.05) is 42.9 Å². The Labute approximate surface area is 625 Å². The standard InChI is InChI=1S/C71H96FN15O22/c1-4-71(3)46-28-52-65-44(36-87(52)69(101)45(46)37-109-70(71)102)64-48(15-14-43-41(2)47(72)29-49(84-65)63(43)64)82-61(95)39-107-40-81-59(93)34-80-67(99)50(27-42-11-7-5-8-12-42)85-86-60(94)35-77-54(88)13-9-6-10-17-76-68(100)53(30-62(96)97)108-38-51(66(74)98)83-55(89)16-19-103-21-23-105-25-26-106-24-22-104-20-18-75-57(91)32-79-58(92)33-78-56(90)31-73/h5,7-8,11-12,28-29,48,50-51,53,85H,4,6,9-10,13-27,30-40,73H2,1-3H3,(H2,74,98)(H,75,91)(H,76,100)(H,77,88)(H,78,90)(H,79,92)(H,80,99)(H,81,93)(H,82,95)(H,83,89)(H,86,94)(H,96,97)/t48?,50-,51-,53?,71+/m0/s1. The molecular formula is C71H96FN15O22. The van der Waals surface area contributed by atoms with E-state index < -0.39 is 152 Å². The number of aliphatic carboxylic acids is 1. The summed E-state index contributed by atoms with van der Waals surface area (Å²) in [6.07, 6.45) is -0.242. The minimum Gasteiger partial charge on any atom is -0.481 e. The van der Waals surface area contributed by atoms with Gasteiger partial charge in [0.15, 0.2) is 0 Å². The Kier molecular flexibility index (Phi) is 34.2. The molecule has 0 saturated carbocycles. The van der Waals surface area contributed by atoms with E-state index in [0.717, 1.165) is 5.56 Å². The SMILES string of the molecule is CC[C@@]1(C)C(=O)OCc2c1cc1n(c2=O)Cc2c-1nc1cc(F)c(C)c3c1c2C(NC(=O)COCNC(=O)CNC(=O)[C@H](Cc1ccccc1)NNC(=O)CNC(=O)CCCCCNC(=O)C(CC(=O)O)OC[C@H](NC(=O)CCOCCOCCOCCOCCNC(=O)CNC(=O)CNC(=O)CN)C(N)=O)CC3. The van der Waals surface area contributed by atoms with Crippen molar-refractivity contribution < 1.29 is 105 Å². The molecule has 16 N–H and O–H groups in total. The van der Waals surface area contributed by atoms with E-state index in [0.29, 0.717) is 94.2 Å². The Hall–Kier alpha value is -10.5. The number of ether oxygens (including phenoxy) is 7. The van der Waals surface area contributed by atoms with E-state index in [9.17, 15) is 72.2 Å². The normalized spacial score (nSPS) is 15.3. The first-order valence-corrected chi connectivity index (χ1v) is 35.7. The van der Waals surface area contributed by atoms with Crippen LogP contribution in [0.15, 0.2) is 47.3 Å². The number of carboxylic acid groups (broad SMARTS) is 1. The number of carbonyl (C=O) groups excluding carboxylic acids is 12. The molecule has 38 heteroatoms. The van der Waals surface area contributed by atoms with Gasteiger partial charge in [0.1, 0.15) is 43.9 Å². The minimum absolute atomic E-state index is 0.0133. The van der Waals surface area contributed by atoms with E-state index >= 15 is 4.39 Å². The first kappa shape index (κ1) is 85.8.